The third-order valence-corrected chi connectivity index (χ3v) is 5.38. The van der Waals surface area contributed by atoms with Crippen LogP contribution in [0.4, 0.5) is 10.1 Å². The van der Waals surface area contributed by atoms with E-state index in [9.17, 15) is 9.18 Å². The lowest BCUT2D eigenvalue weighted by Gasteiger charge is -2.38. The van der Waals surface area contributed by atoms with Crippen LogP contribution in [-0.4, -0.2) is 32.8 Å². The summed E-state index contributed by atoms with van der Waals surface area (Å²) < 4.78 is 24.1. The molecule has 0 radical (unpaired) electrons. The SMILES string of the molecule is COc1cc(N)c(Cl)cc1C(=O)NCC1(c2ccc(F)cc2)CCOCC1. The molecule has 3 rings (SSSR count). The highest BCUT2D eigenvalue weighted by molar-refractivity contribution is 6.33. The fraction of sp³-hybridized carbons (Fsp3) is 0.350. The number of halogens is 2. The van der Waals surface area contributed by atoms with E-state index in [1.165, 1.54) is 31.4 Å². The van der Waals surface area contributed by atoms with E-state index in [0.717, 1.165) is 18.4 Å². The van der Waals surface area contributed by atoms with Crippen LogP contribution >= 0.6 is 11.6 Å². The highest BCUT2D eigenvalue weighted by Crippen LogP contribution is 2.35. The zero-order valence-corrected chi connectivity index (χ0v) is 15.8. The predicted molar refractivity (Wildman–Crippen MR) is 103 cm³/mol. The Balaban J connectivity index is 1.83. The van der Waals surface area contributed by atoms with Crippen LogP contribution in [0.1, 0.15) is 28.8 Å². The summed E-state index contributed by atoms with van der Waals surface area (Å²) in [6.45, 7) is 1.57. The van der Waals surface area contributed by atoms with E-state index in [-0.39, 0.29) is 17.1 Å². The standard InChI is InChI=1S/C20H22ClFN2O3/c1-26-18-11-17(23)16(21)10-15(18)19(25)24-12-20(6-8-27-9-7-20)13-2-4-14(22)5-3-13/h2-5,10-11H,6-9,12,23H2,1H3,(H,24,25). The second-order valence-electron chi connectivity index (χ2n) is 6.66. The molecule has 1 amide bonds. The average Bonchev–Trinajstić information content (AvgIpc) is 2.69. The lowest BCUT2D eigenvalue weighted by atomic mass is 9.74. The van der Waals surface area contributed by atoms with Gasteiger partial charge in [0.15, 0.2) is 0 Å². The first-order valence-electron chi connectivity index (χ1n) is 8.70. The molecule has 0 aliphatic carbocycles. The van der Waals surface area contributed by atoms with Crippen molar-refractivity contribution in [3.05, 3.63) is 58.4 Å². The van der Waals surface area contributed by atoms with Gasteiger partial charge in [-0.1, -0.05) is 23.7 Å². The van der Waals surface area contributed by atoms with E-state index in [1.807, 2.05) is 0 Å². The van der Waals surface area contributed by atoms with Crippen molar-refractivity contribution >= 4 is 23.2 Å². The molecule has 0 atom stereocenters. The first kappa shape index (κ1) is 19.5. The van der Waals surface area contributed by atoms with Gasteiger partial charge in [0.1, 0.15) is 11.6 Å². The zero-order valence-electron chi connectivity index (χ0n) is 15.1. The van der Waals surface area contributed by atoms with Crippen LogP contribution in [0.15, 0.2) is 36.4 Å². The number of nitrogens with two attached hydrogens (primary N) is 1. The van der Waals surface area contributed by atoms with Gasteiger partial charge in [-0.3, -0.25) is 4.79 Å². The molecule has 5 nitrogen and oxygen atoms in total. The molecule has 0 bridgehead atoms. The molecule has 1 aliphatic heterocycles. The summed E-state index contributed by atoms with van der Waals surface area (Å²) in [5.41, 5.74) is 7.11. The number of rotatable bonds is 5. The third-order valence-electron chi connectivity index (χ3n) is 5.06. The van der Waals surface area contributed by atoms with Crippen molar-refractivity contribution in [3.63, 3.8) is 0 Å². The quantitative estimate of drug-likeness (QED) is 0.763. The Kier molecular flexibility index (Phi) is 5.87. The molecule has 7 heteroatoms. The van der Waals surface area contributed by atoms with Crippen molar-refractivity contribution in [1.29, 1.82) is 0 Å². The summed E-state index contributed by atoms with van der Waals surface area (Å²) in [6.07, 6.45) is 1.47. The number of anilines is 1. The molecular weight excluding hydrogens is 371 g/mol. The van der Waals surface area contributed by atoms with Crippen LogP contribution < -0.4 is 15.8 Å². The van der Waals surface area contributed by atoms with Gasteiger partial charge in [-0.05, 0) is 36.6 Å². The summed E-state index contributed by atoms with van der Waals surface area (Å²) >= 11 is 6.06. The van der Waals surface area contributed by atoms with Crippen LogP contribution in [0.5, 0.6) is 5.75 Å². The van der Waals surface area contributed by atoms with Gasteiger partial charge >= 0.3 is 0 Å². The molecule has 0 unspecified atom stereocenters. The smallest absolute Gasteiger partial charge is 0.255 e. The number of carbonyl (C=O) groups is 1. The first-order chi connectivity index (χ1) is 12.9. The van der Waals surface area contributed by atoms with E-state index >= 15 is 0 Å². The molecule has 1 aliphatic rings. The molecule has 0 aromatic heterocycles. The Hall–Kier alpha value is -2.31. The van der Waals surface area contributed by atoms with Crippen molar-refractivity contribution in [2.24, 2.45) is 0 Å². The fourth-order valence-corrected chi connectivity index (χ4v) is 3.56. The maximum atomic E-state index is 13.3. The molecular formula is C20H22ClFN2O3. The van der Waals surface area contributed by atoms with Gasteiger partial charge in [-0.15, -0.1) is 0 Å². The Labute approximate surface area is 162 Å². The molecule has 1 saturated heterocycles. The monoisotopic (exact) mass is 392 g/mol. The van der Waals surface area contributed by atoms with Crippen LogP contribution in [0, 0.1) is 5.82 Å². The van der Waals surface area contributed by atoms with Crippen molar-refractivity contribution in [3.8, 4) is 5.75 Å². The van der Waals surface area contributed by atoms with Crippen molar-refractivity contribution in [1.82, 2.24) is 5.32 Å². The lowest BCUT2D eigenvalue weighted by Crippen LogP contribution is -2.44. The summed E-state index contributed by atoms with van der Waals surface area (Å²) in [5.74, 6) is -0.231. The lowest BCUT2D eigenvalue weighted by molar-refractivity contribution is 0.0486. The molecule has 27 heavy (non-hydrogen) atoms. The first-order valence-corrected chi connectivity index (χ1v) is 9.08. The molecule has 2 aromatic carbocycles. The maximum Gasteiger partial charge on any atom is 0.255 e. The van der Waals surface area contributed by atoms with Crippen LogP contribution in [0.25, 0.3) is 0 Å². The second-order valence-corrected chi connectivity index (χ2v) is 7.06. The van der Waals surface area contributed by atoms with Gasteiger partial charge < -0.3 is 20.5 Å². The van der Waals surface area contributed by atoms with Crippen molar-refractivity contribution in [2.45, 2.75) is 18.3 Å². The molecule has 0 spiro atoms. The summed E-state index contributed by atoms with van der Waals surface area (Å²) in [4.78, 5) is 12.8. The zero-order chi connectivity index (χ0) is 19.4. The number of carbonyl (C=O) groups excluding carboxylic acids is 1. The molecule has 144 valence electrons. The largest absolute Gasteiger partial charge is 0.496 e. The number of benzene rings is 2. The average molecular weight is 393 g/mol. The second kappa shape index (κ2) is 8.15. The maximum absolute atomic E-state index is 13.3. The number of hydrogen-bond acceptors (Lipinski definition) is 4. The topological polar surface area (TPSA) is 73.6 Å². The predicted octanol–water partition coefficient (Wildman–Crippen LogP) is 3.55. The van der Waals surface area contributed by atoms with Gasteiger partial charge in [-0.2, -0.15) is 0 Å². The molecule has 1 fully saturated rings. The van der Waals surface area contributed by atoms with E-state index in [2.05, 4.69) is 5.32 Å². The van der Waals surface area contributed by atoms with Crippen molar-refractivity contribution in [2.75, 3.05) is 32.6 Å². The van der Waals surface area contributed by atoms with E-state index < -0.39 is 0 Å². The van der Waals surface area contributed by atoms with Gasteiger partial charge in [-0.25, -0.2) is 4.39 Å². The summed E-state index contributed by atoms with van der Waals surface area (Å²) in [7, 11) is 1.47. The van der Waals surface area contributed by atoms with Gasteiger partial charge in [0.05, 0.1) is 23.4 Å². The Morgan fingerprint density at radius 1 is 1.30 bits per heavy atom. The molecule has 1 heterocycles. The highest BCUT2D eigenvalue weighted by Gasteiger charge is 2.35. The molecule has 2 aromatic rings. The Morgan fingerprint density at radius 2 is 1.96 bits per heavy atom. The molecule has 3 N–H and O–H groups in total. The number of amides is 1. The minimum atomic E-state index is -0.313. The number of hydrogen-bond donors (Lipinski definition) is 2. The van der Waals surface area contributed by atoms with Crippen LogP contribution in [0.3, 0.4) is 0 Å². The number of nitrogens with one attached hydrogen (secondary N) is 1. The summed E-state index contributed by atoms with van der Waals surface area (Å²) in [6, 6.07) is 9.45. The van der Waals surface area contributed by atoms with E-state index in [1.54, 1.807) is 12.1 Å². The van der Waals surface area contributed by atoms with Crippen LogP contribution in [0.2, 0.25) is 5.02 Å². The van der Waals surface area contributed by atoms with E-state index in [0.29, 0.717) is 41.8 Å². The normalized spacial score (nSPS) is 16.0. The highest BCUT2D eigenvalue weighted by atomic mass is 35.5. The minimum Gasteiger partial charge on any atom is -0.496 e. The van der Waals surface area contributed by atoms with Crippen molar-refractivity contribution < 1.29 is 18.7 Å². The number of ether oxygens (including phenoxy) is 2. The molecule has 0 saturated carbocycles. The summed E-state index contributed by atoms with van der Waals surface area (Å²) in [5, 5.41) is 3.27. The van der Waals surface area contributed by atoms with Gasteiger partial charge in [0.25, 0.3) is 5.91 Å². The van der Waals surface area contributed by atoms with Gasteiger partial charge in [0.2, 0.25) is 0 Å². The Bertz CT molecular complexity index is 821. The van der Waals surface area contributed by atoms with Crippen LogP contribution in [-0.2, 0) is 10.2 Å². The fourth-order valence-electron chi connectivity index (χ4n) is 3.39. The number of methoxy groups -OCH3 is 1. The third kappa shape index (κ3) is 4.17. The van der Waals surface area contributed by atoms with Gasteiger partial charge in [0, 0.05) is 31.2 Å². The minimum absolute atomic E-state index is 0.286. The Morgan fingerprint density at radius 3 is 2.59 bits per heavy atom. The van der Waals surface area contributed by atoms with E-state index in [4.69, 9.17) is 26.8 Å². The number of nitrogen functional groups attached to an aromatic ring is 1.